The van der Waals surface area contributed by atoms with E-state index in [1.165, 1.54) is 3.57 Å². The maximum atomic E-state index is 5.48. The van der Waals surface area contributed by atoms with Gasteiger partial charge in [-0.3, -0.25) is 0 Å². The average molecular weight is 276 g/mol. The largest absolute Gasteiger partial charge is 0.465 e. The Morgan fingerprint density at radius 1 is 1.33 bits per heavy atom. The Morgan fingerprint density at radius 3 is 2.50 bits per heavy atom. The quantitative estimate of drug-likeness (QED) is 0.772. The highest BCUT2D eigenvalue weighted by atomic mass is 127. The molecule has 0 N–H and O–H groups in total. The highest BCUT2D eigenvalue weighted by Gasteiger charge is 2.19. The van der Waals surface area contributed by atoms with Crippen molar-refractivity contribution in [2.45, 2.75) is 12.7 Å². The van der Waals surface area contributed by atoms with Crippen LogP contribution in [0, 0.1) is 3.57 Å². The Kier molecular flexibility index (Phi) is 2.51. The minimum atomic E-state index is -0.00920. The Hall–Kier alpha value is -0.290. The number of hydrogen-bond acceptors (Lipinski definition) is 2. The zero-order chi connectivity index (χ0) is 8.39. The van der Waals surface area contributed by atoms with Gasteiger partial charge in [0.15, 0.2) is 0 Å². The molecule has 1 saturated heterocycles. The van der Waals surface area contributed by atoms with Crippen LogP contribution in [0.3, 0.4) is 0 Å². The molecule has 0 spiro atoms. The SMILES string of the molecule is Ic1ccc(OC2CCO2)cc1. The smallest absolute Gasteiger partial charge is 0.202 e. The first kappa shape index (κ1) is 8.31. The summed E-state index contributed by atoms with van der Waals surface area (Å²) in [5.74, 6) is 0.889. The third kappa shape index (κ3) is 1.90. The molecule has 1 fully saturated rings. The Labute approximate surface area is 85.0 Å². The minimum Gasteiger partial charge on any atom is -0.465 e. The Balaban J connectivity index is 1.98. The van der Waals surface area contributed by atoms with E-state index in [-0.39, 0.29) is 6.29 Å². The third-order valence-corrected chi connectivity index (χ3v) is 2.46. The van der Waals surface area contributed by atoms with Crippen molar-refractivity contribution in [2.24, 2.45) is 0 Å². The molecule has 1 aliphatic heterocycles. The molecule has 1 heterocycles. The van der Waals surface area contributed by atoms with Crippen molar-refractivity contribution in [3.63, 3.8) is 0 Å². The van der Waals surface area contributed by atoms with E-state index in [0.29, 0.717) is 0 Å². The van der Waals surface area contributed by atoms with Gasteiger partial charge in [-0.1, -0.05) is 0 Å². The second kappa shape index (κ2) is 3.62. The number of halogens is 1. The predicted molar refractivity (Wildman–Crippen MR) is 54.1 cm³/mol. The highest BCUT2D eigenvalue weighted by molar-refractivity contribution is 14.1. The van der Waals surface area contributed by atoms with Crippen LogP contribution in [-0.4, -0.2) is 12.9 Å². The molecule has 0 bridgehead atoms. The summed E-state index contributed by atoms with van der Waals surface area (Å²) in [4.78, 5) is 0. The topological polar surface area (TPSA) is 18.5 Å². The molecule has 3 heteroatoms. The summed E-state index contributed by atoms with van der Waals surface area (Å²) in [6.45, 7) is 0.828. The average Bonchev–Trinajstić information content (AvgIpc) is 2.00. The van der Waals surface area contributed by atoms with Crippen molar-refractivity contribution in [1.29, 1.82) is 0 Å². The summed E-state index contributed by atoms with van der Waals surface area (Å²) in [5, 5.41) is 0. The number of ether oxygens (including phenoxy) is 2. The van der Waals surface area contributed by atoms with Crippen molar-refractivity contribution in [1.82, 2.24) is 0 Å². The summed E-state index contributed by atoms with van der Waals surface area (Å²) in [5.41, 5.74) is 0. The second-order valence-corrected chi connectivity index (χ2v) is 3.91. The van der Waals surface area contributed by atoms with Gasteiger partial charge in [0.05, 0.1) is 6.61 Å². The summed E-state index contributed by atoms with van der Waals surface area (Å²) in [6, 6.07) is 7.97. The molecule has 2 nitrogen and oxygen atoms in total. The normalized spacial score (nSPS) is 21.6. The van der Waals surface area contributed by atoms with Crippen molar-refractivity contribution in [3.8, 4) is 5.75 Å². The van der Waals surface area contributed by atoms with E-state index >= 15 is 0 Å². The molecule has 1 unspecified atom stereocenters. The lowest BCUT2D eigenvalue weighted by molar-refractivity contribution is -0.165. The van der Waals surface area contributed by atoms with E-state index in [0.717, 1.165) is 18.8 Å². The van der Waals surface area contributed by atoms with Crippen LogP contribution in [-0.2, 0) is 4.74 Å². The van der Waals surface area contributed by atoms with E-state index in [1.807, 2.05) is 24.3 Å². The van der Waals surface area contributed by atoms with Gasteiger partial charge in [-0.2, -0.15) is 0 Å². The Bertz CT molecular complexity index is 254. The van der Waals surface area contributed by atoms with Gasteiger partial charge in [-0.15, -0.1) is 0 Å². The fourth-order valence-electron chi connectivity index (χ4n) is 0.972. The predicted octanol–water partition coefficient (Wildman–Crippen LogP) is 2.42. The van der Waals surface area contributed by atoms with E-state index in [9.17, 15) is 0 Å². The molecular formula is C9H9IO2. The van der Waals surface area contributed by atoms with Crippen LogP contribution in [0.4, 0.5) is 0 Å². The standard InChI is InChI=1S/C9H9IO2/c10-7-1-3-8(4-2-7)12-9-5-6-11-9/h1-4,9H,5-6H2. The molecule has 0 aliphatic carbocycles. The second-order valence-electron chi connectivity index (χ2n) is 2.66. The van der Waals surface area contributed by atoms with Crippen LogP contribution in [0.2, 0.25) is 0 Å². The van der Waals surface area contributed by atoms with E-state index in [4.69, 9.17) is 9.47 Å². The number of benzene rings is 1. The number of rotatable bonds is 2. The van der Waals surface area contributed by atoms with Crippen molar-refractivity contribution < 1.29 is 9.47 Å². The summed E-state index contributed by atoms with van der Waals surface area (Å²) in [7, 11) is 0. The lowest BCUT2D eigenvalue weighted by Gasteiger charge is -2.26. The van der Waals surface area contributed by atoms with Crippen molar-refractivity contribution in [3.05, 3.63) is 27.8 Å². The molecule has 0 radical (unpaired) electrons. The first-order chi connectivity index (χ1) is 5.84. The van der Waals surface area contributed by atoms with Gasteiger partial charge >= 0.3 is 0 Å². The van der Waals surface area contributed by atoms with Gasteiger partial charge in [0.25, 0.3) is 0 Å². The molecule has 64 valence electrons. The maximum Gasteiger partial charge on any atom is 0.202 e. The summed E-state index contributed by atoms with van der Waals surface area (Å²) in [6.07, 6.45) is 0.997. The molecule has 12 heavy (non-hydrogen) atoms. The van der Waals surface area contributed by atoms with E-state index in [2.05, 4.69) is 22.6 Å². The first-order valence-corrected chi connectivity index (χ1v) is 4.96. The van der Waals surface area contributed by atoms with Gasteiger partial charge in [0.2, 0.25) is 6.29 Å². The Morgan fingerprint density at radius 2 is 2.00 bits per heavy atom. The third-order valence-electron chi connectivity index (χ3n) is 1.74. The van der Waals surface area contributed by atoms with Gasteiger partial charge in [0.1, 0.15) is 5.75 Å². The molecule has 2 rings (SSSR count). The van der Waals surface area contributed by atoms with E-state index in [1.54, 1.807) is 0 Å². The molecular weight excluding hydrogens is 267 g/mol. The molecule has 1 atom stereocenters. The highest BCUT2D eigenvalue weighted by Crippen LogP contribution is 2.19. The fourth-order valence-corrected chi connectivity index (χ4v) is 1.33. The van der Waals surface area contributed by atoms with Gasteiger partial charge in [-0.25, -0.2) is 0 Å². The van der Waals surface area contributed by atoms with E-state index < -0.39 is 0 Å². The van der Waals surface area contributed by atoms with Crippen LogP contribution in [0.5, 0.6) is 5.75 Å². The summed E-state index contributed by atoms with van der Waals surface area (Å²) < 4.78 is 11.8. The monoisotopic (exact) mass is 276 g/mol. The molecule has 1 aromatic carbocycles. The molecule has 0 amide bonds. The van der Waals surface area contributed by atoms with Crippen LogP contribution >= 0.6 is 22.6 Å². The van der Waals surface area contributed by atoms with Crippen LogP contribution < -0.4 is 4.74 Å². The van der Waals surface area contributed by atoms with Crippen LogP contribution in [0.1, 0.15) is 6.42 Å². The maximum absolute atomic E-state index is 5.48. The van der Waals surface area contributed by atoms with Crippen LogP contribution in [0.25, 0.3) is 0 Å². The van der Waals surface area contributed by atoms with Gasteiger partial charge < -0.3 is 9.47 Å². The van der Waals surface area contributed by atoms with Gasteiger partial charge in [-0.05, 0) is 46.9 Å². The van der Waals surface area contributed by atoms with Crippen molar-refractivity contribution in [2.75, 3.05) is 6.61 Å². The van der Waals surface area contributed by atoms with Gasteiger partial charge in [0, 0.05) is 9.99 Å². The zero-order valence-electron chi connectivity index (χ0n) is 6.50. The molecule has 1 aliphatic rings. The molecule has 0 saturated carbocycles. The first-order valence-electron chi connectivity index (χ1n) is 3.88. The zero-order valence-corrected chi connectivity index (χ0v) is 8.65. The van der Waals surface area contributed by atoms with Crippen LogP contribution in [0.15, 0.2) is 24.3 Å². The lowest BCUT2D eigenvalue weighted by atomic mass is 10.3. The molecule has 0 aromatic heterocycles. The summed E-state index contributed by atoms with van der Waals surface area (Å²) >= 11 is 2.27. The van der Waals surface area contributed by atoms with Crippen molar-refractivity contribution >= 4 is 22.6 Å². The minimum absolute atomic E-state index is 0.00920. The fraction of sp³-hybridized carbons (Fsp3) is 0.333. The molecule has 1 aromatic rings. The lowest BCUT2D eigenvalue weighted by Crippen LogP contribution is -2.32. The number of hydrogen-bond donors (Lipinski definition) is 0.